The summed E-state index contributed by atoms with van der Waals surface area (Å²) in [7, 11) is 1.70. The van der Waals surface area contributed by atoms with Gasteiger partial charge in [-0.1, -0.05) is 0 Å². The standard InChI is InChI=1S/C10H14N2O2.ClH/c1-14-8-5-7(6-8)12-4-2-3-9(11)10(12)13;/h2-4,7-8H,5-6,11H2,1H3;1H. The molecule has 15 heavy (non-hydrogen) atoms. The van der Waals surface area contributed by atoms with Crippen molar-refractivity contribution in [1.29, 1.82) is 0 Å². The fraction of sp³-hybridized carbons (Fsp3) is 0.500. The van der Waals surface area contributed by atoms with E-state index in [1.54, 1.807) is 30.0 Å². The van der Waals surface area contributed by atoms with Crippen molar-refractivity contribution >= 4 is 18.1 Å². The van der Waals surface area contributed by atoms with E-state index in [-0.39, 0.29) is 24.0 Å². The van der Waals surface area contributed by atoms with Crippen molar-refractivity contribution in [3.63, 3.8) is 0 Å². The van der Waals surface area contributed by atoms with Crippen LogP contribution in [0.1, 0.15) is 18.9 Å². The number of methoxy groups -OCH3 is 1. The molecule has 0 unspecified atom stereocenters. The quantitative estimate of drug-likeness (QED) is 0.831. The van der Waals surface area contributed by atoms with Crippen molar-refractivity contribution in [2.45, 2.75) is 25.0 Å². The van der Waals surface area contributed by atoms with E-state index in [0.717, 1.165) is 12.8 Å². The van der Waals surface area contributed by atoms with Gasteiger partial charge in [0, 0.05) is 19.3 Å². The molecule has 0 aliphatic heterocycles. The third-order valence-electron chi connectivity index (χ3n) is 2.80. The van der Waals surface area contributed by atoms with Gasteiger partial charge in [-0.05, 0) is 25.0 Å². The second kappa shape index (κ2) is 4.68. The number of ether oxygens (including phenoxy) is 1. The van der Waals surface area contributed by atoms with Gasteiger partial charge in [0.05, 0.1) is 11.8 Å². The van der Waals surface area contributed by atoms with Gasteiger partial charge < -0.3 is 15.0 Å². The summed E-state index contributed by atoms with van der Waals surface area (Å²) >= 11 is 0. The Morgan fingerprint density at radius 3 is 2.80 bits per heavy atom. The van der Waals surface area contributed by atoms with Gasteiger partial charge in [-0.25, -0.2) is 0 Å². The Morgan fingerprint density at radius 1 is 1.53 bits per heavy atom. The SMILES string of the molecule is COC1CC(n2cccc(N)c2=O)C1.Cl. The fourth-order valence-corrected chi connectivity index (χ4v) is 1.77. The average molecular weight is 231 g/mol. The van der Waals surface area contributed by atoms with Gasteiger partial charge in [0.2, 0.25) is 0 Å². The Kier molecular flexibility index (Phi) is 3.77. The summed E-state index contributed by atoms with van der Waals surface area (Å²) in [6.45, 7) is 0. The Morgan fingerprint density at radius 2 is 2.20 bits per heavy atom. The number of hydrogen-bond acceptors (Lipinski definition) is 3. The molecule has 5 heteroatoms. The van der Waals surface area contributed by atoms with Crippen LogP contribution >= 0.6 is 12.4 Å². The normalized spacial score (nSPS) is 24.1. The Balaban J connectivity index is 0.00000112. The van der Waals surface area contributed by atoms with E-state index in [2.05, 4.69) is 0 Å². The molecule has 1 aliphatic rings. The lowest BCUT2D eigenvalue weighted by molar-refractivity contribution is 0.00522. The maximum atomic E-state index is 11.6. The largest absolute Gasteiger partial charge is 0.394 e. The highest BCUT2D eigenvalue weighted by molar-refractivity contribution is 5.85. The molecule has 2 N–H and O–H groups in total. The van der Waals surface area contributed by atoms with Crippen LogP contribution < -0.4 is 11.3 Å². The lowest BCUT2D eigenvalue weighted by Gasteiger charge is -2.35. The van der Waals surface area contributed by atoms with E-state index in [0.29, 0.717) is 11.8 Å². The van der Waals surface area contributed by atoms with Crippen LogP contribution in [0.15, 0.2) is 23.1 Å². The molecular weight excluding hydrogens is 216 g/mol. The monoisotopic (exact) mass is 230 g/mol. The topological polar surface area (TPSA) is 57.2 Å². The van der Waals surface area contributed by atoms with E-state index in [9.17, 15) is 4.79 Å². The van der Waals surface area contributed by atoms with Gasteiger partial charge in [0.25, 0.3) is 5.56 Å². The minimum absolute atomic E-state index is 0. The van der Waals surface area contributed by atoms with Crippen molar-refractivity contribution in [1.82, 2.24) is 4.57 Å². The van der Waals surface area contributed by atoms with Gasteiger partial charge in [-0.3, -0.25) is 4.79 Å². The van der Waals surface area contributed by atoms with Crippen LogP contribution in [0.25, 0.3) is 0 Å². The number of pyridine rings is 1. The first kappa shape index (κ1) is 12.1. The van der Waals surface area contributed by atoms with Crippen LogP contribution in [0, 0.1) is 0 Å². The molecule has 0 amide bonds. The summed E-state index contributed by atoms with van der Waals surface area (Å²) in [5.74, 6) is 0. The van der Waals surface area contributed by atoms with E-state index < -0.39 is 0 Å². The molecule has 1 saturated carbocycles. The first-order valence-electron chi connectivity index (χ1n) is 4.72. The minimum atomic E-state index is -0.0907. The lowest BCUT2D eigenvalue weighted by atomic mass is 9.89. The number of nitrogen functional groups attached to an aromatic ring is 1. The first-order valence-corrected chi connectivity index (χ1v) is 4.72. The maximum absolute atomic E-state index is 11.6. The second-order valence-corrected chi connectivity index (χ2v) is 3.66. The number of halogens is 1. The van der Waals surface area contributed by atoms with Crippen molar-refractivity contribution < 1.29 is 4.74 Å². The van der Waals surface area contributed by atoms with Crippen LogP contribution in [-0.4, -0.2) is 17.8 Å². The highest BCUT2D eigenvalue weighted by Crippen LogP contribution is 2.32. The molecule has 1 aromatic heterocycles. The third kappa shape index (κ3) is 2.16. The number of anilines is 1. The van der Waals surface area contributed by atoms with E-state index in [4.69, 9.17) is 10.5 Å². The molecule has 0 atom stereocenters. The number of aromatic nitrogens is 1. The zero-order chi connectivity index (χ0) is 10.1. The molecule has 84 valence electrons. The molecule has 0 spiro atoms. The van der Waals surface area contributed by atoms with E-state index in [1.165, 1.54) is 0 Å². The van der Waals surface area contributed by atoms with Crippen molar-refractivity contribution in [2.24, 2.45) is 0 Å². The molecule has 1 heterocycles. The van der Waals surface area contributed by atoms with Crippen molar-refractivity contribution in [3.8, 4) is 0 Å². The molecule has 1 aliphatic carbocycles. The first-order chi connectivity index (χ1) is 6.72. The lowest BCUT2D eigenvalue weighted by Crippen LogP contribution is -2.37. The van der Waals surface area contributed by atoms with Gasteiger partial charge in [0.1, 0.15) is 0 Å². The van der Waals surface area contributed by atoms with Gasteiger partial charge >= 0.3 is 0 Å². The number of nitrogens with two attached hydrogens (primary N) is 1. The molecule has 0 aromatic carbocycles. The summed E-state index contributed by atoms with van der Waals surface area (Å²) in [5.41, 5.74) is 5.76. The summed E-state index contributed by atoms with van der Waals surface area (Å²) in [5, 5.41) is 0. The molecule has 1 aromatic rings. The Bertz CT molecular complexity index is 385. The van der Waals surface area contributed by atoms with Crippen LogP contribution in [0.2, 0.25) is 0 Å². The molecule has 0 radical (unpaired) electrons. The minimum Gasteiger partial charge on any atom is -0.394 e. The Labute approximate surface area is 94.4 Å². The highest BCUT2D eigenvalue weighted by Gasteiger charge is 2.30. The van der Waals surface area contributed by atoms with Gasteiger partial charge in [0.15, 0.2) is 0 Å². The maximum Gasteiger partial charge on any atom is 0.273 e. The predicted octanol–water partition coefficient (Wildman–Crippen LogP) is 1.20. The summed E-state index contributed by atoms with van der Waals surface area (Å²) in [4.78, 5) is 11.6. The zero-order valence-electron chi connectivity index (χ0n) is 8.55. The van der Waals surface area contributed by atoms with Crippen molar-refractivity contribution in [3.05, 3.63) is 28.7 Å². The number of rotatable bonds is 2. The molecule has 0 saturated heterocycles. The molecule has 2 rings (SSSR count). The highest BCUT2D eigenvalue weighted by atomic mass is 35.5. The zero-order valence-corrected chi connectivity index (χ0v) is 9.37. The van der Waals surface area contributed by atoms with Gasteiger partial charge in [-0.2, -0.15) is 0 Å². The van der Waals surface area contributed by atoms with E-state index >= 15 is 0 Å². The van der Waals surface area contributed by atoms with E-state index in [1.807, 2.05) is 0 Å². The average Bonchev–Trinajstić information content (AvgIpc) is 2.10. The smallest absolute Gasteiger partial charge is 0.273 e. The summed E-state index contributed by atoms with van der Waals surface area (Å²) in [6, 6.07) is 3.69. The predicted molar refractivity (Wildman–Crippen MR) is 61.4 cm³/mol. The number of hydrogen-bond donors (Lipinski definition) is 1. The third-order valence-corrected chi connectivity index (χ3v) is 2.80. The molecule has 4 nitrogen and oxygen atoms in total. The second-order valence-electron chi connectivity index (χ2n) is 3.66. The van der Waals surface area contributed by atoms with Crippen LogP contribution in [0.3, 0.4) is 0 Å². The van der Waals surface area contributed by atoms with Crippen molar-refractivity contribution in [2.75, 3.05) is 12.8 Å². The van der Waals surface area contributed by atoms with Crippen LogP contribution in [0.4, 0.5) is 5.69 Å². The van der Waals surface area contributed by atoms with Gasteiger partial charge in [-0.15, -0.1) is 12.4 Å². The Hall–Kier alpha value is -1.000. The van der Waals surface area contributed by atoms with Crippen LogP contribution in [0.5, 0.6) is 0 Å². The summed E-state index contributed by atoms with van der Waals surface area (Å²) in [6.07, 6.45) is 3.89. The number of nitrogens with zero attached hydrogens (tertiary/aromatic N) is 1. The van der Waals surface area contributed by atoms with Crippen LogP contribution in [-0.2, 0) is 4.74 Å². The fourth-order valence-electron chi connectivity index (χ4n) is 1.77. The molecular formula is C10H15ClN2O2. The molecule has 1 fully saturated rings. The summed E-state index contributed by atoms with van der Waals surface area (Å²) < 4.78 is 6.86. The molecule has 0 bridgehead atoms.